The van der Waals surface area contributed by atoms with Crippen LogP contribution in [0.3, 0.4) is 0 Å². The minimum atomic E-state index is -0.577. The summed E-state index contributed by atoms with van der Waals surface area (Å²) in [5, 5.41) is 8.61. The van der Waals surface area contributed by atoms with E-state index >= 15 is 0 Å². The Morgan fingerprint density at radius 1 is 1.11 bits per heavy atom. The van der Waals surface area contributed by atoms with Gasteiger partial charge in [0.2, 0.25) is 5.91 Å². The molecule has 146 valence electrons. The van der Waals surface area contributed by atoms with E-state index in [4.69, 9.17) is 10.2 Å². The number of benzene rings is 2. The summed E-state index contributed by atoms with van der Waals surface area (Å²) in [5.41, 5.74) is 5.08. The third-order valence-electron chi connectivity index (χ3n) is 4.67. The maximum atomic E-state index is 13.2. The van der Waals surface area contributed by atoms with Crippen LogP contribution in [0.2, 0.25) is 0 Å². The van der Waals surface area contributed by atoms with E-state index in [2.05, 4.69) is 12.6 Å². The number of unbranched alkanes of at least 4 members (excludes halogenated alkanes) is 1. The number of hydroxylamine groups is 1. The number of para-hydroxylation sites is 1. The first kappa shape index (κ1) is 20.1. The predicted molar refractivity (Wildman–Crippen MR) is 112 cm³/mol. The zero-order chi connectivity index (χ0) is 19.9. The van der Waals surface area contributed by atoms with Crippen molar-refractivity contribution in [2.75, 3.05) is 17.2 Å². The van der Waals surface area contributed by atoms with Gasteiger partial charge in [0.1, 0.15) is 6.04 Å². The summed E-state index contributed by atoms with van der Waals surface area (Å²) in [6.07, 6.45) is 1.41. The van der Waals surface area contributed by atoms with Gasteiger partial charge < -0.3 is 4.90 Å². The van der Waals surface area contributed by atoms with Gasteiger partial charge in [0.15, 0.2) is 0 Å². The van der Waals surface area contributed by atoms with Crippen LogP contribution in [0, 0.1) is 0 Å². The zero-order valence-electron chi connectivity index (χ0n) is 15.4. The highest BCUT2D eigenvalue weighted by Crippen LogP contribution is 2.29. The number of carbonyl (C=O) groups is 2. The normalized spacial score (nSPS) is 16.2. The Balaban J connectivity index is 1.93. The van der Waals surface area contributed by atoms with Crippen molar-refractivity contribution in [3.05, 3.63) is 65.7 Å². The maximum absolute atomic E-state index is 13.2. The second-order valence-electron chi connectivity index (χ2n) is 6.54. The number of hydrogen-bond acceptors (Lipinski definition) is 5. The van der Waals surface area contributed by atoms with E-state index in [1.165, 1.54) is 0 Å². The van der Waals surface area contributed by atoms with Gasteiger partial charge in [0.25, 0.3) is 5.91 Å². The van der Waals surface area contributed by atoms with Gasteiger partial charge in [0.05, 0.1) is 11.4 Å². The van der Waals surface area contributed by atoms with Crippen molar-refractivity contribution in [2.45, 2.75) is 25.3 Å². The Hall–Kier alpha value is -2.64. The summed E-state index contributed by atoms with van der Waals surface area (Å²) in [7, 11) is 0. The topological polar surface area (TPSA) is 82.0 Å². The lowest BCUT2D eigenvalue weighted by Crippen LogP contribution is -2.39. The number of hydrogen-bond donors (Lipinski definition) is 3. The van der Waals surface area contributed by atoms with Crippen LogP contribution in [0.4, 0.5) is 5.69 Å². The first-order valence-electron chi connectivity index (χ1n) is 9.23. The molecule has 0 fully saturated rings. The molecule has 2 aromatic rings. The van der Waals surface area contributed by atoms with Crippen LogP contribution in [0.25, 0.3) is 0 Å². The third kappa shape index (κ3) is 4.43. The molecule has 1 aliphatic heterocycles. The minimum absolute atomic E-state index is 0.0972. The second-order valence-corrected chi connectivity index (χ2v) is 6.91. The molecule has 0 saturated heterocycles. The highest BCUT2D eigenvalue weighted by molar-refractivity contribution is 7.80. The smallest absolute Gasteiger partial charge is 0.252 e. The van der Waals surface area contributed by atoms with Crippen LogP contribution in [0.1, 0.15) is 30.4 Å². The molecular formula is C21H23N3O3S. The zero-order valence-corrected chi connectivity index (χ0v) is 16.3. The minimum Gasteiger partial charge on any atom is -0.310 e. The molecule has 0 bridgehead atoms. The second kappa shape index (κ2) is 9.52. The molecule has 1 aliphatic rings. The first-order chi connectivity index (χ1) is 13.7. The molecule has 3 rings (SSSR count). The molecule has 0 saturated carbocycles. The number of thiol groups is 1. The van der Waals surface area contributed by atoms with Crippen LogP contribution in [-0.2, 0) is 9.59 Å². The summed E-state index contributed by atoms with van der Waals surface area (Å²) >= 11 is 4.36. The number of anilines is 1. The highest BCUT2D eigenvalue weighted by Gasteiger charge is 2.30. The Morgan fingerprint density at radius 3 is 2.54 bits per heavy atom. The molecule has 0 spiro atoms. The first-order valence-corrected chi connectivity index (χ1v) is 9.86. The molecule has 7 heteroatoms. The van der Waals surface area contributed by atoms with E-state index in [1.54, 1.807) is 10.4 Å². The Kier molecular flexibility index (Phi) is 6.84. The van der Waals surface area contributed by atoms with E-state index < -0.39 is 11.9 Å². The van der Waals surface area contributed by atoms with E-state index in [0.717, 1.165) is 22.5 Å². The molecule has 0 aromatic heterocycles. The SMILES string of the molecule is O=C(CCCCN1C(=O)[C@@H](CS)N=C(c2ccccc2)c2ccccc21)NO. The van der Waals surface area contributed by atoms with Gasteiger partial charge in [-0.15, -0.1) is 0 Å². The Bertz CT molecular complexity index is 870. The molecule has 2 aromatic carbocycles. The number of amides is 2. The van der Waals surface area contributed by atoms with E-state index in [9.17, 15) is 9.59 Å². The van der Waals surface area contributed by atoms with Crippen molar-refractivity contribution in [2.24, 2.45) is 4.99 Å². The van der Waals surface area contributed by atoms with Crippen molar-refractivity contribution in [3.8, 4) is 0 Å². The molecule has 0 radical (unpaired) electrons. The average Bonchev–Trinajstić information content (AvgIpc) is 2.86. The Labute approximate surface area is 169 Å². The standard InChI is InChI=1S/C21H23N3O3S/c25-19(23-27)12-6-7-13-24-18-11-5-4-10-16(18)20(15-8-2-1-3-9-15)22-17(14-28)21(24)26/h1-5,8-11,17,27-28H,6-7,12-14H2,(H,23,25)/t17-/m1/s1. The molecule has 2 N–H and O–H groups in total. The van der Waals surface area contributed by atoms with Gasteiger partial charge in [-0.2, -0.15) is 12.6 Å². The van der Waals surface area contributed by atoms with Crippen LogP contribution in [0.5, 0.6) is 0 Å². The summed E-state index contributed by atoms with van der Waals surface area (Å²) in [5.74, 6) is -0.211. The number of rotatable bonds is 7. The number of fused-ring (bicyclic) bond motifs is 1. The van der Waals surface area contributed by atoms with E-state index in [-0.39, 0.29) is 12.3 Å². The van der Waals surface area contributed by atoms with Crippen molar-refractivity contribution in [3.63, 3.8) is 0 Å². The summed E-state index contributed by atoms with van der Waals surface area (Å²) < 4.78 is 0. The van der Waals surface area contributed by atoms with Gasteiger partial charge in [-0.3, -0.25) is 19.8 Å². The molecular weight excluding hydrogens is 374 g/mol. The summed E-state index contributed by atoms with van der Waals surface area (Å²) in [6, 6.07) is 17.0. The molecule has 1 heterocycles. The molecule has 28 heavy (non-hydrogen) atoms. The van der Waals surface area contributed by atoms with Crippen molar-refractivity contribution < 1.29 is 14.8 Å². The molecule has 0 aliphatic carbocycles. The molecule has 0 unspecified atom stereocenters. The number of benzodiazepines with no additional fused rings is 1. The molecule has 6 nitrogen and oxygen atoms in total. The van der Waals surface area contributed by atoms with Gasteiger partial charge in [0, 0.05) is 29.8 Å². The fraction of sp³-hybridized carbons (Fsp3) is 0.286. The van der Waals surface area contributed by atoms with Gasteiger partial charge in [-0.1, -0.05) is 48.5 Å². The van der Waals surface area contributed by atoms with Crippen molar-refractivity contribution in [1.82, 2.24) is 5.48 Å². The fourth-order valence-corrected chi connectivity index (χ4v) is 3.51. The lowest BCUT2D eigenvalue weighted by Gasteiger charge is -2.25. The molecule has 2 amide bonds. The number of carbonyl (C=O) groups excluding carboxylic acids is 2. The largest absolute Gasteiger partial charge is 0.310 e. The fourth-order valence-electron chi connectivity index (χ4n) is 3.28. The average molecular weight is 398 g/mol. The van der Waals surface area contributed by atoms with Gasteiger partial charge in [-0.05, 0) is 18.9 Å². The highest BCUT2D eigenvalue weighted by atomic mass is 32.1. The van der Waals surface area contributed by atoms with Crippen LogP contribution < -0.4 is 10.4 Å². The number of nitrogens with zero attached hydrogens (tertiary/aromatic N) is 2. The Morgan fingerprint density at radius 2 is 1.82 bits per heavy atom. The van der Waals surface area contributed by atoms with Crippen LogP contribution in [-0.4, -0.2) is 41.1 Å². The van der Waals surface area contributed by atoms with Gasteiger partial charge >= 0.3 is 0 Å². The monoisotopic (exact) mass is 397 g/mol. The predicted octanol–water partition coefficient (Wildman–Crippen LogP) is 2.84. The number of aliphatic imine (C=N–C) groups is 1. The van der Waals surface area contributed by atoms with E-state index in [0.29, 0.717) is 25.1 Å². The number of nitrogens with one attached hydrogen (secondary N) is 1. The molecule has 1 atom stereocenters. The van der Waals surface area contributed by atoms with Crippen LogP contribution in [0.15, 0.2) is 59.6 Å². The van der Waals surface area contributed by atoms with Gasteiger partial charge in [-0.25, -0.2) is 5.48 Å². The quantitative estimate of drug-likeness (QED) is 0.291. The summed E-state index contributed by atoms with van der Waals surface area (Å²) in [4.78, 5) is 30.9. The lowest BCUT2D eigenvalue weighted by molar-refractivity contribution is -0.129. The third-order valence-corrected chi connectivity index (χ3v) is 5.01. The summed E-state index contributed by atoms with van der Waals surface area (Å²) in [6.45, 7) is 0.469. The lowest BCUT2D eigenvalue weighted by atomic mass is 10.00. The van der Waals surface area contributed by atoms with Crippen molar-refractivity contribution in [1.29, 1.82) is 0 Å². The maximum Gasteiger partial charge on any atom is 0.252 e. The van der Waals surface area contributed by atoms with Crippen molar-refractivity contribution >= 4 is 35.8 Å². The van der Waals surface area contributed by atoms with Crippen LogP contribution >= 0.6 is 12.6 Å². The van der Waals surface area contributed by atoms with E-state index in [1.807, 2.05) is 54.6 Å².